The van der Waals surface area contributed by atoms with E-state index in [-0.39, 0.29) is 29.6 Å². The third-order valence-corrected chi connectivity index (χ3v) is 8.37. The molecule has 5 N–H and O–H groups in total. The molecule has 5 atom stereocenters. The lowest BCUT2D eigenvalue weighted by molar-refractivity contribution is -0.150. The highest BCUT2D eigenvalue weighted by atomic mass is 16.3. The SMILES string of the molecule is NCc1cccc(C2CCN(C(=O)c3cccc(NC(=O)[C@@H]4C[C@@H]5CC[C@H]4[C@@H](O)[C@H]5O)c3)CC2)c1. The molecule has 0 unspecified atom stereocenters. The summed E-state index contributed by atoms with van der Waals surface area (Å²) >= 11 is 0. The number of amides is 2. The van der Waals surface area contributed by atoms with Crippen LogP contribution < -0.4 is 11.1 Å². The van der Waals surface area contributed by atoms with Gasteiger partial charge in [-0.1, -0.05) is 30.3 Å². The Morgan fingerprint density at radius 1 is 0.971 bits per heavy atom. The Hall–Kier alpha value is -2.74. The Labute approximate surface area is 206 Å². The molecule has 1 heterocycles. The normalized spacial score (nSPS) is 28.7. The van der Waals surface area contributed by atoms with Crippen molar-refractivity contribution in [3.63, 3.8) is 0 Å². The van der Waals surface area contributed by atoms with Crippen LogP contribution in [0.15, 0.2) is 48.5 Å². The summed E-state index contributed by atoms with van der Waals surface area (Å²) in [6.45, 7) is 1.92. The second kappa shape index (κ2) is 10.1. The van der Waals surface area contributed by atoms with Crippen molar-refractivity contribution in [1.29, 1.82) is 0 Å². The van der Waals surface area contributed by atoms with Gasteiger partial charge in [-0.05, 0) is 79.2 Å². The van der Waals surface area contributed by atoms with E-state index in [1.807, 2.05) is 11.0 Å². The van der Waals surface area contributed by atoms with Crippen LogP contribution in [0, 0.1) is 17.8 Å². The standard InChI is InChI=1S/C28H35N3O4/c29-16-17-3-1-4-19(13-17)18-9-11-31(12-10-18)28(35)21-5-2-6-22(14-21)30-27(34)24-15-20-7-8-23(24)26(33)25(20)32/h1-6,13-14,18,20,23-26,32-33H,7-12,15-16,29H2,(H,30,34)/t20-,23+,24+,25-,26+/m0/s1. The molecule has 0 radical (unpaired) electrons. The molecule has 186 valence electrons. The number of hydrogen-bond acceptors (Lipinski definition) is 5. The molecular weight excluding hydrogens is 442 g/mol. The second-order valence-corrected chi connectivity index (χ2v) is 10.4. The number of rotatable bonds is 5. The highest BCUT2D eigenvalue weighted by Gasteiger charge is 2.49. The van der Waals surface area contributed by atoms with Gasteiger partial charge in [-0.2, -0.15) is 0 Å². The maximum Gasteiger partial charge on any atom is 0.253 e. The third kappa shape index (κ3) is 4.85. The molecule has 0 spiro atoms. The van der Waals surface area contributed by atoms with Crippen LogP contribution in [0.3, 0.4) is 0 Å². The fraction of sp³-hybridized carbons (Fsp3) is 0.500. The first-order valence-corrected chi connectivity index (χ1v) is 12.8. The Morgan fingerprint density at radius 3 is 2.49 bits per heavy atom. The van der Waals surface area contributed by atoms with E-state index >= 15 is 0 Å². The number of likely N-dealkylation sites (tertiary alicyclic amines) is 1. The van der Waals surface area contributed by atoms with Crippen LogP contribution in [0.1, 0.15) is 59.5 Å². The number of nitrogens with two attached hydrogens (primary N) is 1. The van der Waals surface area contributed by atoms with Gasteiger partial charge in [0.2, 0.25) is 5.91 Å². The highest BCUT2D eigenvalue weighted by Crippen LogP contribution is 2.45. The number of nitrogens with zero attached hydrogens (tertiary/aromatic N) is 1. The summed E-state index contributed by atoms with van der Waals surface area (Å²) in [5.41, 5.74) is 9.36. The van der Waals surface area contributed by atoms with Gasteiger partial charge in [-0.15, -0.1) is 0 Å². The average Bonchev–Trinajstić information content (AvgIpc) is 2.91. The zero-order valence-electron chi connectivity index (χ0n) is 20.0. The zero-order chi connectivity index (χ0) is 24.5. The fourth-order valence-electron chi connectivity index (χ4n) is 6.32. The molecule has 3 saturated carbocycles. The molecule has 6 rings (SSSR count). The first-order valence-electron chi connectivity index (χ1n) is 12.8. The molecule has 0 aromatic heterocycles. The zero-order valence-corrected chi connectivity index (χ0v) is 20.0. The lowest BCUT2D eigenvalue weighted by Crippen LogP contribution is -2.54. The number of carbonyl (C=O) groups excluding carboxylic acids is 2. The van der Waals surface area contributed by atoms with Gasteiger partial charge < -0.3 is 26.2 Å². The minimum absolute atomic E-state index is 0.0227. The molecule has 7 nitrogen and oxygen atoms in total. The van der Waals surface area contributed by atoms with E-state index in [1.165, 1.54) is 5.56 Å². The van der Waals surface area contributed by atoms with Gasteiger partial charge in [0, 0.05) is 36.8 Å². The quantitative estimate of drug-likeness (QED) is 0.529. The van der Waals surface area contributed by atoms with E-state index in [0.717, 1.165) is 31.2 Å². The minimum Gasteiger partial charge on any atom is -0.390 e. The minimum atomic E-state index is -0.841. The lowest BCUT2D eigenvalue weighted by atomic mass is 9.61. The number of piperidine rings is 1. The topological polar surface area (TPSA) is 116 Å². The number of fused-ring (bicyclic) bond motifs is 3. The predicted molar refractivity (Wildman–Crippen MR) is 134 cm³/mol. The van der Waals surface area contributed by atoms with Crippen molar-refractivity contribution in [2.24, 2.45) is 23.5 Å². The van der Waals surface area contributed by atoms with Gasteiger partial charge in [-0.3, -0.25) is 9.59 Å². The Morgan fingerprint density at radius 2 is 1.74 bits per heavy atom. The molecule has 3 aliphatic carbocycles. The maximum atomic E-state index is 13.2. The summed E-state index contributed by atoms with van der Waals surface area (Å²) in [7, 11) is 0. The van der Waals surface area contributed by atoms with Gasteiger partial charge in [0.1, 0.15) is 0 Å². The number of aliphatic hydroxyl groups excluding tert-OH is 2. The van der Waals surface area contributed by atoms with Gasteiger partial charge in [0.05, 0.1) is 12.2 Å². The molecule has 2 amide bonds. The Bertz CT molecular complexity index is 1080. The van der Waals surface area contributed by atoms with Gasteiger partial charge in [0.25, 0.3) is 5.91 Å². The van der Waals surface area contributed by atoms with E-state index in [2.05, 4.69) is 23.5 Å². The maximum absolute atomic E-state index is 13.2. The lowest BCUT2D eigenvalue weighted by Gasteiger charge is -2.47. The van der Waals surface area contributed by atoms with Crippen molar-refractivity contribution >= 4 is 17.5 Å². The van der Waals surface area contributed by atoms with Gasteiger partial charge in [0.15, 0.2) is 0 Å². The van der Waals surface area contributed by atoms with E-state index in [0.29, 0.717) is 43.2 Å². The fourth-order valence-corrected chi connectivity index (χ4v) is 6.32. The van der Waals surface area contributed by atoms with Crippen molar-refractivity contribution < 1.29 is 19.8 Å². The summed E-state index contributed by atoms with van der Waals surface area (Å²) in [6.07, 6.45) is 2.46. The van der Waals surface area contributed by atoms with Crippen LogP contribution in [0.2, 0.25) is 0 Å². The smallest absolute Gasteiger partial charge is 0.253 e. The largest absolute Gasteiger partial charge is 0.390 e. The summed E-state index contributed by atoms with van der Waals surface area (Å²) in [5.74, 6) is -0.300. The molecular formula is C28H35N3O4. The van der Waals surface area contributed by atoms with Crippen LogP contribution in [-0.2, 0) is 11.3 Å². The van der Waals surface area contributed by atoms with Crippen LogP contribution >= 0.6 is 0 Å². The van der Waals surface area contributed by atoms with E-state index in [1.54, 1.807) is 24.3 Å². The second-order valence-electron chi connectivity index (χ2n) is 10.4. The molecule has 1 aliphatic heterocycles. The van der Waals surface area contributed by atoms with Crippen LogP contribution in [0.4, 0.5) is 5.69 Å². The molecule has 7 heteroatoms. The molecule has 2 bridgehead atoms. The van der Waals surface area contributed by atoms with E-state index in [4.69, 9.17) is 5.73 Å². The Kier molecular flexibility index (Phi) is 6.91. The number of carbonyl (C=O) groups is 2. The molecule has 4 aliphatic rings. The number of benzene rings is 2. The van der Waals surface area contributed by atoms with Crippen molar-refractivity contribution in [1.82, 2.24) is 4.90 Å². The monoisotopic (exact) mass is 477 g/mol. The van der Waals surface area contributed by atoms with Gasteiger partial charge in [-0.25, -0.2) is 0 Å². The first-order chi connectivity index (χ1) is 16.9. The third-order valence-electron chi connectivity index (χ3n) is 8.37. The van der Waals surface area contributed by atoms with Crippen LogP contribution in [-0.4, -0.2) is 52.2 Å². The summed E-state index contributed by atoms with van der Waals surface area (Å²) in [5, 5.41) is 23.5. The van der Waals surface area contributed by atoms with Gasteiger partial charge >= 0.3 is 0 Å². The number of anilines is 1. The Balaban J connectivity index is 1.20. The number of aliphatic hydroxyl groups is 2. The van der Waals surface area contributed by atoms with Crippen molar-refractivity contribution in [3.05, 3.63) is 65.2 Å². The average molecular weight is 478 g/mol. The molecule has 35 heavy (non-hydrogen) atoms. The van der Waals surface area contributed by atoms with Crippen molar-refractivity contribution in [2.45, 2.75) is 56.8 Å². The van der Waals surface area contributed by atoms with Crippen LogP contribution in [0.25, 0.3) is 0 Å². The van der Waals surface area contributed by atoms with Crippen LogP contribution in [0.5, 0.6) is 0 Å². The number of hydrogen-bond donors (Lipinski definition) is 4. The summed E-state index contributed by atoms with van der Waals surface area (Å²) in [6, 6.07) is 15.5. The molecule has 2 aromatic carbocycles. The van der Waals surface area contributed by atoms with E-state index in [9.17, 15) is 19.8 Å². The summed E-state index contributed by atoms with van der Waals surface area (Å²) in [4.78, 5) is 28.1. The molecule has 4 fully saturated rings. The predicted octanol–water partition coefficient (Wildman–Crippen LogP) is 2.87. The van der Waals surface area contributed by atoms with Crippen molar-refractivity contribution in [3.8, 4) is 0 Å². The molecule has 2 aromatic rings. The highest BCUT2D eigenvalue weighted by molar-refractivity contribution is 5.98. The number of nitrogens with one attached hydrogen (secondary N) is 1. The molecule has 1 saturated heterocycles. The summed E-state index contributed by atoms with van der Waals surface area (Å²) < 4.78 is 0. The van der Waals surface area contributed by atoms with Crippen molar-refractivity contribution in [2.75, 3.05) is 18.4 Å². The van der Waals surface area contributed by atoms with E-state index < -0.39 is 12.2 Å². The first kappa shape index (κ1) is 24.0.